The Morgan fingerprint density at radius 2 is 1.70 bits per heavy atom. The Morgan fingerprint density at radius 3 is 2.40 bits per heavy atom. The van der Waals surface area contributed by atoms with Gasteiger partial charge in [-0.15, -0.1) is 0 Å². The van der Waals surface area contributed by atoms with Crippen LogP contribution in [-0.4, -0.2) is 70.0 Å². The zero-order valence-corrected chi connectivity index (χ0v) is 16.9. The molecule has 0 bridgehead atoms. The van der Waals surface area contributed by atoms with Gasteiger partial charge in [0.25, 0.3) is 10.1 Å². The van der Waals surface area contributed by atoms with E-state index < -0.39 is 46.8 Å². The molecule has 5 unspecified atom stereocenters. The van der Waals surface area contributed by atoms with Gasteiger partial charge in [0.15, 0.2) is 6.29 Å². The Bertz CT molecular complexity index is 992. The molecule has 10 heteroatoms. The Kier molecular flexibility index (Phi) is 6.78. The Labute approximate surface area is 173 Å². The third-order valence-corrected chi connectivity index (χ3v) is 5.49. The molecule has 0 radical (unpaired) electrons. The van der Waals surface area contributed by atoms with Gasteiger partial charge in [-0.25, -0.2) is 0 Å². The number of hydrogen-bond acceptors (Lipinski definition) is 8. The van der Waals surface area contributed by atoms with E-state index in [9.17, 15) is 28.8 Å². The molecule has 0 amide bonds. The van der Waals surface area contributed by atoms with E-state index in [1.54, 1.807) is 36.4 Å². The van der Waals surface area contributed by atoms with Crippen LogP contribution in [0.3, 0.4) is 0 Å². The van der Waals surface area contributed by atoms with E-state index >= 15 is 0 Å². The topological polar surface area (TPSA) is 154 Å². The van der Waals surface area contributed by atoms with Crippen molar-refractivity contribution in [3.8, 4) is 16.9 Å². The number of hydrogen-bond donors (Lipinski definition) is 5. The predicted octanol–water partition coefficient (Wildman–Crippen LogP) is 0.229. The molecule has 0 aliphatic carbocycles. The number of aliphatic hydroxyl groups excluding tert-OH is 4. The third kappa shape index (κ3) is 5.35. The van der Waals surface area contributed by atoms with Crippen LogP contribution in [0, 0.1) is 6.92 Å². The van der Waals surface area contributed by atoms with Crippen LogP contribution in [0.15, 0.2) is 42.5 Å². The molecule has 3 rings (SSSR count). The van der Waals surface area contributed by atoms with E-state index in [1.807, 2.05) is 13.0 Å². The van der Waals surface area contributed by atoms with Gasteiger partial charge in [-0.3, -0.25) is 4.55 Å². The summed E-state index contributed by atoms with van der Waals surface area (Å²) in [6.07, 6.45) is -7.96. The molecule has 2 aromatic rings. The van der Waals surface area contributed by atoms with Crippen molar-refractivity contribution >= 4 is 10.1 Å². The Morgan fingerprint density at radius 1 is 1.00 bits per heavy atom. The maximum Gasteiger partial charge on any atom is 0.265 e. The second-order valence-electron chi connectivity index (χ2n) is 7.22. The maximum absolute atomic E-state index is 11.1. The molecule has 0 spiro atoms. The van der Waals surface area contributed by atoms with E-state index in [0.29, 0.717) is 16.7 Å². The van der Waals surface area contributed by atoms with Crippen LogP contribution in [0.1, 0.15) is 11.1 Å². The highest BCUT2D eigenvalue weighted by atomic mass is 32.2. The molecule has 5 atom stereocenters. The lowest BCUT2D eigenvalue weighted by atomic mass is 9.98. The van der Waals surface area contributed by atoms with Crippen molar-refractivity contribution in [2.75, 3.05) is 5.75 Å². The first-order chi connectivity index (χ1) is 14.0. The van der Waals surface area contributed by atoms with Gasteiger partial charge >= 0.3 is 0 Å². The van der Waals surface area contributed by atoms with Gasteiger partial charge in [-0.1, -0.05) is 42.0 Å². The molecule has 1 saturated heterocycles. The van der Waals surface area contributed by atoms with Crippen molar-refractivity contribution in [3.05, 3.63) is 53.6 Å². The minimum Gasteiger partial charge on any atom is -0.461 e. The first-order valence-electron chi connectivity index (χ1n) is 9.24. The standard InChI is InChI=1S/C20H24O9S/c1-11-8-12(6-7-30(25,26)27)10-13(9-11)14-4-2-3-5-15(14)28-20-18(23)16(21)17(22)19(24)29-20/h2-5,8-10,16-24H,6-7H2,1H3,(H,25,26,27). The molecule has 1 heterocycles. The van der Waals surface area contributed by atoms with Crippen molar-refractivity contribution in [1.29, 1.82) is 0 Å². The molecule has 5 N–H and O–H groups in total. The van der Waals surface area contributed by atoms with Gasteiger partial charge in [0.1, 0.15) is 24.1 Å². The second kappa shape index (κ2) is 8.98. The molecule has 9 nitrogen and oxygen atoms in total. The summed E-state index contributed by atoms with van der Waals surface area (Å²) in [6.45, 7) is 1.84. The minimum absolute atomic E-state index is 0.122. The fourth-order valence-electron chi connectivity index (χ4n) is 3.27. The van der Waals surface area contributed by atoms with Crippen molar-refractivity contribution in [3.63, 3.8) is 0 Å². The fourth-order valence-corrected chi connectivity index (χ4v) is 3.76. The SMILES string of the molecule is Cc1cc(CCS(=O)(=O)O)cc(-c2ccccc2OC2OC(O)C(O)C(O)C2O)c1. The van der Waals surface area contributed by atoms with E-state index in [0.717, 1.165) is 5.56 Å². The number of aliphatic hydroxyl groups is 4. The van der Waals surface area contributed by atoms with E-state index in [-0.39, 0.29) is 12.2 Å². The molecule has 1 aliphatic heterocycles. The zero-order valence-electron chi connectivity index (χ0n) is 16.1. The molecule has 164 valence electrons. The van der Waals surface area contributed by atoms with Crippen molar-refractivity contribution in [1.82, 2.24) is 0 Å². The summed E-state index contributed by atoms with van der Waals surface area (Å²) in [5, 5.41) is 39.3. The number of aryl methyl sites for hydroxylation is 2. The quantitative estimate of drug-likeness (QED) is 0.397. The fraction of sp³-hybridized carbons (Fsp3) is 0.400. The normalized spacial score (nSPS) is 27.1. The summed E-state index contributed by atoms with van der Waals surface area (Å²) >= 11 is 0. The van der Waals surface area contributed by atoms with Gasteiger partial charge in [-0.2, -0.15) is 8.42 Å². The average Bonchev–Trinajstić information content (AvgIpc) is 2.68. The smallest absolute Gasteiger partial charge is 0.265 e. The van der Waals surface area contributed by atoms with Gasteiger partial charge < -0.3 is 29.9 Å². The summed E-state index contributed by atoms with van der Waals surface area (Å²) in [4.78, 5) is 0. The van der Waals surface area contributed by atoms with Crippen molar-refractivity contribution in [2.45, 2.75) is 44.2 Å². The molecular formula is C20H24O9S. The van der Waals surface area contributed by atoms with Gasteiger partial charge in [0.05, 0.1) is 5.75 Å². The highest BCUT2D eigenvalue weighted by Gasteiger charge is 2.44. The summed E-state index contributed by atoms with van der Waals surface area (Å²) in [5.74, 6) is -0.127. The van der Waals surface area contributed by atoms with Crippen molar-refractivity contribution in [2.24, 2.45) is 0 Å². The lowest BCUT2D eigenvalue weighted by molar-refractivity contribution is -0.321. The first-order valence-corrected chi connectivity index (χ1v) is 10.9. The van der Waals surface area contributed by atoms with Crippen LogP contribution >= 0.6 is 0 Å². The number of ether oxygens (including phenoxy) is 2. The van der Waals surface area contributed by atoms with Gasteiger partial charge in [0.2, 0.25) is 6.29 Å². The van der Waals surface area contributed by atoms with Crippen LogP contribution < -0.4 is 4.74 Å². The Hall–Kier alpha value is -2.05. The molecule has 1 fully saturated rings. The van der Waals surface area contributed by atoms with E-state index in [1.165, 1.54) is 0 Å². The van der Waals surface area contributed by atoms with Crippen LogP contribution in [0.2, 0.25) is 0 Å². The lowest BCUT2D eigenvalue weighted by Crippen LogP contribution is -2.59. The molecular weight excluding hydrogens is 416 g/mol. The van der Waals surface area contributed by atoms with E-state index in [2.05, 4.69) is 0 Å². The molecule has 30 heavy (non-hydrogen) atoms. The summed E-state index contributed by atoms with van der Waals surface area (Å²) in [6, 6.07) is 12.2. The monoisotopic (exact) mass is 440 g/mol. The minimum atomic E-state index is -4.10. The van der Waals surface area contributed by atoms with Crippen LogP contribution in [0.25, 0.3) is 11.1 Å². The molecule has 0 aromatic heterocycles. The second-order valence-corrected chi connectivity index (χ2v) is 8.80. The number of para-hydroxylation sites is 1. The lowest BCUT2D eigenvalue weighted by Gasteiger charge is -2.38. The largest absolute Gasteiger partial charge is 0.461 e. The predicted molar refractivity (Wildman–Crippen MR) is 106 cm³/mol. The molecule has 2 aromatic carbocycles. The average molecular weight is 440 g/mol. The Balaban J connectivity index is 1.89. The van der Waals surface area contributed by atoms with E-state index in [4.69, 9.17) is 14.0 Å². The van der Waals surface area contributed by atoms with Gasteiger partial charge in [0, 0.05) is 5.56 Å². The number of rotatable bonds is 6. The summed E-state index contributed by atoms with van der Waals surface area (Å²) < 4.78 is 41.9. The zero-order chi connectivity index (χ0) is 22.1. The number of benzene rings is 2. The highest BCUT2D eigenvalue weighted by molar-refractivity contribution is 7.85. The third-order valence-electron chi connectivity index (χ3n) is 4.77. The van der Waals surface area contributed by atoms with Gasteiger partial charge in [-0.05, 0) is 30.5 Å². The van der Waals surface area contributed by atoms with Crippen LogP contribution in [0.5, 0.6) is 5.75 Å². The first kappa shape index (κ1) is 22.6. The van der Waals surface area contributed by atoms with Crippen LogP contribution in [-0.2, 0) is 21.3 Å². The highest BCUT2D eigenvalue weighted by Crippen LogP contribution is 2.33. The summed E-state index contributed by atoms with van der Waals surface area (Å²) in [7, 11) is -4.10. The molecule has 1 aliphatic rings. The molecule has 0 saturated carbocycles. The summed E-state index contributed by atoms with van der Waals surface area (Å²) in [5.41, 5.74) is 2.85. The van der Waals surface area contributed by atoms with Crippen molar-refractivity contribution < 1.29 is 42.9 Å². The maximum atomic E-state index is 11.1. The van der Waals surface area contributed by atoms with Crippen LogP contribution in [0.4, 0.5) is 0 Å².